The van der Waals surface area contributed by atoms with Gasteiger partial charge in [0.15, 0.2) is 0 Å². The van der Waals surface area contributed by atoms with E-state index in [1.807, 2.05) is 0 Å². The van der Waals surface area contributed by atoms with Gasteiger partial charge >= 0.3 is 0 Å². The molecule has 0 saturated carbocycles. The van der Waals surface area contributed by atoms with Crippen molar-refractivity contribution in [2.75, 3.05) is 12.3 Å². The van der Waals surface area contributed by atoms with Gasteiger partial charge in [0.2, 0.25) is 0 Å². The van der Waals surface area contributed by atoms with Crippen molar-refractivity contribution in [3.63, 3.8) is 0 Å². The fourth-order valence-corrected chi connectivity index (χ4v) is 1.30. The molecule has 5 nitrogen and oxygen atoms in total. The van der Waals surface area contributed by atoms with Crippen LogP contribution < -0.4 is 11.3 Å². The van der Waals surface area contributed by atoms with Crippen LogP contribution >= 0.6 is 0 Å². The van der Waals surface area contributed by atoms with Gasteiger partial charge < -0.3 is 10.8 Å². The molecule has 1 heterocycles. The predicted molar refractivity (Wildman–Crippen MR) is 54.0 cm³/mol. The molecule has 0 atom stereocenters. The van der Waals surface area contributed by atoms with Crippen molar-refractivity contribution >= 4 is 5.82 Å². The summed E-state index contributed by atoms with van der Waals surface area (Å²) in [6.07, 6.45) is 1.46. The largest absolute Gasteiger partial charge is 0.396 e. The summed E-state index contributed by atoms with van der Waals surface area (Å²) in [5.41, 5.74) is 5.29. The second-order valence-corrected chi connectivity index (χ2v) is 3.15. The number of nitrogens with zero attached hydrogens (tertiary/aromatic N) is 2. The van der Waals surface area contributed by atoms with Crippen LogP contribution in [0, 0.1) is 51.0 Å². The minimum atomic E-state index is -0.132. The van der Waals surface area contributed by atoms with Gasteiger partial charge in [0, 0.05) is 63.3 Å². The second kappa shape index (κ2) is 7.37. The molecule has 6 heteroatoms. The molecule has 0 aliphatic heterocycles. The molecule has 0 bridgehead atoms. The molecule has 81 valence electrons. The Kier molecular flexibility index (Phi) is 7.41. The van der Waals surface area contributed by atoms with Gasteiger partial charge in [0.05, 0.1) is 0 Å². The summed E-state index contributed by atoms with van der Waals surface area (Å²) in [4.78, 5) is 15.4. The summed E-state index contributed by atoms with van der Waals surface area (Å²) in [6.45, 7) is 2.48. The van der Waals surface area contributed by atoms with E-state index in [2.05, 4.69) is 4.98 Å². The van der Waals surface area contributed by atoms with Crippen LogP contribution in [0.2, 0.25) is 0 Å². The first-order valence-corrected chi connectivity index (χ1v) is 4.60. The van der Waals surface area contributed by atoms with Gasteiger partial charge in [-0.15, -0.1) is 0 Å². The van der Waals surface area contributed by atoms with Crippen LogP contribution in [-0.4, -0.2) is 21.3 Å². The molecule has 0 aliphatic rings. The van der Waals surface area contributed by atoms with Crippen molar-refractivity contribution < 1.29 is 49.2 Å². The van der Waals surface area contributed by atoms with Crippen molar-refractivity contribution in [3.05, 3.63) is 22.2 Å². The molecule has 0 saturated heterocycles. The molecule has 3 N–H and O–H groups in total. The smallest absolute Gasteiger partial charge is 0.255 e. The molecule has 0 spiro atoms. The van der Waals surface area contributed by atoms with E-state index in [0.29, 0.717) is 18.8 Å². The molecule has 1 aromatic heterocycles. The van der Waals surface area contributed by atoms with Gasteiger partial charge in [-0.2, -0.15) is 0 Å². The minimum Gasteiger partial charge on any atom is -0.396 e. The third-order valence-corrected chi connectivity index (χ3v) is 2.01. The number of aryl methyl sites for hydroxylation is 1. The van der Waals surface area contributed by atoms with Crippen LogP contribution in [0.1, 0.15) is 18.7 Å². The molecule has 0 fully saturated rings. The first-order chi connectivity index (χ1) is 6.65. The van der Waals surface area contributed by atoms with Crippen molar-refractivity contribution in [2.45, 2.75) is 26.3 Å². The Balaban J connectivity index is 0.00000196. The maximum Gasteiger partial charge on any atom is 0.255 e. The SMILES string of the molecule is Cc1nc(N)cc(=O)n1CCCCO.[Ac]. The average Bonchev–Trinajstić information content (AvgIpc) is 2.09. The van der Waals surface area contributed by atoms with E-state index in [9.17, 15) is 4.79 Å². The topological polar surface area (TPSA) is 81.1 Å². The number of aromatic nitrogens is 2. The van der Waals surface area contributed by atoms with E-state index in [1.54, 1.807) is 11.5 Å². The van der Waals surface area contributed by atoms with Crippen LogP contribution in [0.4, 0.5) is 5.82 Å². The van der Waals surface area contributed by atoms with Gasteiger partial charge in [0.25, 0.3) is 5.56 Å². The number of hydrogen-bond acceptors (Lipinski definition) is 4. The zero-order chi connectivity index (χ0) is 10.6. The van der Waals surface area contributed by atoms with Gasteiger partial charge in [-0.3, -0.25) is 9.36 Å². The fraction of sp³-hybridized carbons (Fsp3) is 0.556. The molecule has 0 unspecified atom stereocenters. The van der Waals surface area contributed by atoms with E-state index in [0.717, 1.165) is 6.42 Å². The molecule has 1 aromatic rings. The summed E-state index contributed by atoms with van der Waals surface area (Å²) in [5, 5.41) is 8.60. The van der Waals surface area contributed by atoms with Crippen molar-refractivity contribution in [1.29, 1.82) is 0 Å². The Labute approximate surface area is 124 Å². The molecule has 0 aliphatic carbocycles. The number of nitrogens with two attached hydrogens (primary N) is 1. The van der Waals surface area contributed by atoms with E-state index in [1.165, 1.54) is 6.07 Å². The van der Waals surface area contributed by atoms with Crippen LogP contribution in [-0.2, 0) is 6.54 Å². The molecule has 0 amide bonds. The van der Waals surface area contributed by atoms with Crippen LogP contribution in [0.15, 0.2) is 10.9 Å². The van der Waals surface area contributed by atoms with E-state index < -0.39 is 0 Å². The molecule has 15 heavy (non-hydrogen) atoms. The number of aliphatic hydroxyl groups excluding tert-OH is 1. The summed E-state index contributed by atoms with van der Waals surface area (Å²) in [6, 6.07) is 1.31. The number of unbranched alkanes of at least 4 members (excludes halogenated alkanes) is 1. The van der Waals surface area contributed by atoms with Gasteiger partial charge in [0.1, 0.15) is 11.6 Å². The Morgan fingerprint density at radius 1 is 1.53 bits per heavy atom. The van der Waals surface area contributed by atoms with Gasteiger partial charge in [-0.05, 0) is 19.8 Å². The Morgan fingerprint density at radius 3 is 2.73 bits per heavy atom. The summed E-state index contributed by atoms with van der Waals surface area (Å²) < 4.78 is 1.56. The molecule has 0 aromatic carbocycles. The fourth-order valence-electron chi connectivity index (χ4n) is 1.30. The molecule has 1 radical (unpaired) electrons. The Hall–Kier alpha value is 0.0816. The van der Waals surface area contributed by atoms with Crippen molar-refractivity contribution in [1.82, 2.24) is 9.55 Å². The Bertz CT molecular complexity index is 365. The normalized spacial score (nSPS) is 9.73. The van der Waals surface area contributed by atoms with E-state index in [4.69, 9.17) is 10.8 Å². The first kappa shape index (κ1) is 15.1. The summed E-state index contributed by atoms with van der Waals surface area (Å²) in [5.74, 6) is 0.874. The number of aliphatic hydroxyl groups is 1. The maximum absolute atomic E-state index is 11.4. The van der Waals surface area contributed by atoms with Crippen LogP contribution in [0.25, 0.3) is 0 Å². The quantitative estimate of drug-likeness (QED) is 0.663. The molecule has 1 rings (SSSR count). The second-order valence-electron chi connectivity index (χ2n) is 3.15. The number of nitrogen functional groups attached to an aromatic ring is 1. The van der Waals surface area contributed by atoms with Crippen LogP contribution in [0.3, 0.4) is 0 Å². The monoisotopic (exact) mass is 424 g/mol. The third-order valence-electron chi connectivity index (χ3n) is 2.01. The minimum absolute atomic E-state index is 0. The van der Waals surface area contributed by atoms with Crippen molar-refractivity contribution in [3.8, 4) is 0 Å². The summed E-state index contributed by atoms with van der Waals surface area (Å²) >= 11 is 0. The predicted octanol–water partition coefficient (Wildman–Crippen LogP) is -0.0936. The molecular formula is C9H15AcN3O2. The van der Waals surface area contributed by atoms with Gasteiger partial charge in [-0.1, -0.05) is 0 Å². The zero-order valence-electron chi connectivity index (χ0n) is 8.81. The number of anilines is 1. The van der Waals surface area contributed by atoms with E-state index >= 15 is 0 Å². The van der Waals surface area contributed by atoms with Crippen molar-refractivity contribution in [2.24, 2.45) is 0 Å². The first-order valence-electron chi connectivity index (χ1n) is 4.60. The maximum atomic E-state index is 11.4. The van der Waals surface area contributed by atoms with Gasteiger partial charge in [-0.25, -0.2) is 4.98 Å². The molecular weight excluding hydrogens is 409 g/mol. The Morgan fingerprint density at radius 2 is 2.20 bits per heavy atom. The third kappa shape index (κ3) is 4.62. The van der Waals surface area contributed by atoms with E-state index in [-0.39, 0.29) is 62.0 Å². The number of hydrogen-bond donors (Lipinski definition) is 2. The number of rotatable bonds is 4. The average molecular weight is 424 g/mol. The summed E-state index contributed by atoms with van der Waals surface area (Å²) in [7, 11) is 0. The zero-order valence-corrected chi connectivity index (χ0v) is 13.6. The standard InChI is InChI=1S/C9H15N3O2.Ac/c1-7-11-8(10)6-9(14)12(7)4-2-3-5-13;/h6,13H,2-5,10H2,1H3;. The van der Waals surface area contributed by atoms with Crippen LogP contribution in [0.5, 0.6) is 0 Å².